The highest BCUT2D eigenvalue weighted by molar-refractivity contribution is 4.95. The lowest BCUT2D eigenvalue weighted by Gasteiger charge is -2.41. The zero-order valence-electron chi connectivity index (χ0n) is 17.2. The molecule has 0 aliphatic carbocycles. The molecule has 4 saturated heterocycles. The average Bonchev–Trinajstić information content (AvgIpc) is 3.28. The summed E-state index contributed by atoms with van der Waals surface area (Å²) in [6.45, 7) is 0.132. The number of hydrogen-bond acceptors (Lipinski definition) is 13. The maximum absolute atomic E-state index is 10.4. The van der Waals surface area contributed by atoms with Gasteiger partial charge >= 0.3 is 0 Å². The Morgan fingerprint density at radius 1 is 0.939 bits per heavy atom. The van der Waals surface area contributed by atoms with Gasteiger partial charge in [-0.2, -0.15) is 0 Å². The summed E-state index contributed by atoms with van der Waals surface area (Å²) >= 11 is 0. The van der Waals surface area contributed by atoms with Gasteiger partial charge in [-0.15, -0.1) is 5.10 Å². The van der Waals surface area contributed by atoms with E-state index in [0.717, 1.165) is 0 Å². The van der Waals surface area contributed by atoms with Crippen LogP contribution >= 0.6 is 0 Å². The molecule has 6 N–H and O–H groups in total. The van der Waals surface area contributed by atoms with Crippen LogP contribution in [0.3, 0.4) is 0 Å². The Labute approximate surface area is 190 Å². The van der Waals surface area contributed by atoms with Crippen LogP contribution in [0.1, 0.15) is 19.5 Å². The van der Waals surface area contributed by atoms with Crippen molar-refractivity contribution in [1.82, 2.24) is 15.0 Å². The second kappa shape index (κ2) is 11.4. The van der Waals surface area contributed by atoms with Gasteiger partial charge in [0.25, 0.3) is 0 Å². The molecule has 5 rings (SSSR count). The van der Waals surface area contributed by atoms with Crippen molar-refractivity contribution in [3.05, 3.63) is 11.9 Å². The number of rotatable bonds is 6. The fourth-order valence-corrected chi connectivity index (χ4v) is 3.92. The minimum Gasteiger partial charge on any atom is -0.394 e. The Morgan fingerprint density at radius 3 is 2.45 bits per heavy atom. The van der Waals surface area contributed by atoms with E-state index in [2.05, 4.69) is 10.3 Å². The molecule has 4 fully saturated rings. The molecule has 0 aromatic carbocycles. The van der Waals surface area contributed by atoms with E-state index >= 15 is 0 Å². The van der Waals surface area contributed by atoms with Gasteiger partial charge in [-0.05, 0) is 6.42 Å². The Morgan fingerprint density at radius 2 is 1.70 bits per heavy atom. The molecule has 33 heavy (non-hydrogen) atoms. The predicted molar refractivity (Wildman–Crippen MR) is 106 cm³/mol. The number of ether oxygens (including phenoxy) is 5. The van der Waals surface area contributed by atoms with Crippen LogP contribution in [0.25, 0.3) is 0 Å². The van der Waals surface area contributed by atoms with Crippen molar-refractivity contribution in [3.8, 4) is 0 Å². The van der Waals surface area contributed by atoms with E-state index in [-0.39, 0.29) is 20.6 Å². The standard InChI is InChI=1S/C18H29N3O11.CH4/c22-6-10-11(23)12(24)14(26)18(32-10)30-7-8-4-21(20-19-8)5-9-16-13(25)15(27)17(31-9)29-3-1-2-28-16;/h4,9-18,22-27H,1-3,5-7H2;1H4. The summed E-state index contributed by atoms with van der Waals surface area (Å²) in [6.07, 6.45) is -9.56. The average molecular weight is 479 g/mol. The van der Waals surface area contributed by atoms with Crippen LogP contribution in [-0.2, 0) is 36.8 Å². The molecule has 2 bridgehead atoms. The van der Waals surface area contributed by atoms with Crippen LogP contribution in [0, 0.1) is 0 Å². The van der Waals surface area contributed by atoms with Gasteiger partial charge in [0.1, 0.15) is 54.5 Å². The Hall–Kier alpha value is -1.30. The first-order chi connectivity index (χ1) is 15.4. The van der Waals surface area contributed by atoms with Crippen LogP contribution in [0.4, 0.5) is 0 Å². The third kappa shape index (κ3) is 5.68. The number of nitrogens with zero attached hydrogens (tertiary/aromatic N) is 3. The van der Waals surface area contributed by atoms with E-state index in [9.17, 15) is 30.6 Å². The highest BCUT2D eigenvalue weighted by Gasteiger charge is 2.47. The number of aromatic nitrogens is 3. The van der Waals surface area contributed by atoms with Gasteiger partial charge < -0.3 is 54.3 Å². The summed E-state index contributed by atoms with van der Waals surface area (Å²) in [5.74, 6) is 0. The Bertz CT molecular complexity index is 736. The van der Waals surface area contributed by atoms with E-state index in [1.807, 2.05) is 0 Å². The van der Waals surface area contributed by atoms with Crippen LogP contribution in [0.15, 0.2) is 6.20 Å². The minimum absolute atomic E-state index is 0. The Balaban J connectivity index is 0.00000306. The second-order valence-corrected chi connectivity index (χ2v) is 8.02. The summed E-state index contributed by atoms with van der Waals surface area (Å²) in [5, 5.41) is 67.4. The zero-order valence-corrected chi connectivity index (χ0v) is 17.2. The van der Waals surface area contributed by atoms with Gasteiger partial charge in [0.15, 0.2) is 12.6 Å². The number of hydrogen-bond donors (Lipinski definition) is 6. The van der Waals surface area contributed by atoms with Crippen molar-refractivity contribution in [2.75, 3.05) is 19.8 Å². The zero-order chi connectivity index (χ0) is 22.8. The Kier molecular flexibility index (Phi) is 9.10. The van der Waals surface area contributed by atoms with Crippen molar-refractivity contribution in [2.24, 2.45) is 0 Å². The van der Waals surface area contributed by atoms with E-state index in [1.54, 1.807) is 6.20 Å². The summed E-state index contributed by atoms with van der Waals surface area (Å²) < 4.78 is 29.1. The van der Waals surface area contributed by atoms with E-state index in [0.29, 0.717) is 25.3 Å². The third-order valence-corrected chi connectivity index (χ3v) is 5.72. The summed E-state index contributed by atoms with van der Waals surface area (Å²) in [4.78, 5) is 0. The maximum Gasteiger partial charge on any atom is 0.187 e. The smallest absolute Gasteiger partial charge is 0.187 e. The van der Waals surface area contributed by atoms with Gasteiger partial charge in [0.05, 0.1) is 32.6 Å². The molecular weight excluding hydrogens is 446 g/mol. The molecule has 14 heteroatoms. The number of fused-ring (bicyclic) bond motifs is 6. The third-order valence-electron chi connectivity index (χ3n) is 5.72. The molecule has 1 aromatic rings. The summed E-state index contributed by atoms with van der Waals surface area (Å²) in [5.41, 5.74) is 0.368. The topological polar surface area (TPSA) is 198 Å². The van der Waals surface area contributed by atoms with Crippen molar-refractivity contribution in [1.29, 1.82) is 0 Å². The lowest BCUT2D eigenvalue weighted by molar-refractivity contribution is -0.304. The molecule has 190 valence electrons. The van der Waals surface area contributed by atoms with E-state index in [1.165, 1.54) is 4.68 Å². The SMILES string of the molecule is C.OCC1OC(OCc2cn(CC3OC4OCCCOC3C(O)C4O)nn2)C(O)C(O)C1O. The molecule has 1 aromatic heterocycles. The van der Waals surface area contributed by atoms with Crippen LogP contribution in [0.5, 0.6) is 0 Å². The molecule has 10 atom stereocenters. The largest absolute Gasteiger partial charge is 0.394 e. The monoisotopic (exact) mass is 479 g/mol. The molecule has 10 unspecified atom stereocenters. The fourth-order valence-electron chi connectivity index (χ4n) is 3.92. The molecule has 5 heterocycles. The maximum atomic E-state index is 10.4. The molecule has 0 saturated carbocycles. The summed E-state index contributed by atoms with van der Waals surface area (Å²) in [6, 6.07) is 0. The molecular formula is C19H33N3O11. The fraction of sp³-hybridized carbons (Fsp3) is 0.895. The van der Waals surface area contributed by atoms with Gasteiger partial charge in [-0.25, -0.2) is 4.68 Å². The highest BCUT2D eigenvalue weighted by atomic mass is 16.7. The first-order valence-corrected chi connectivity index (χ1v) is 10.4. The van der Waals surface area contributed by atoms with Gasteiger partial charge in [0.2, 0.25) is 0 Å². The molecule has 0 amide bonds. The lowest BCUT2D eigenvalue weighted by Crippen LogP contribution is -2.59. The number of aliphatic hydroxyl groups excluding tert-OH is 6. The van der Waals surface area contributed by atoms with E-state index in [4.69, 9.17) is 23.7 Å². The van der Waals surface area contributed by atoms with Crippen molar-refractivity contribution < 1.29 is 54.3 Å². The quantitative estimate of drug-likeness (QED) is 0.235. The molecule has 4 aliphatic heterocycles. The second-order valence-electron chi connectivity index (χ2n) is 8.02. The van der Waals surface area contributed by atoms with E-state index < -0.39 is 68.0 Å². The predicted octanol–water partition coefficient (Wildman–Crippen LogP) is -3.52. The van der Waals surface area contributed by atoms with Crippen molar-refractivity contribution in [3.63, 3.8) is 0 Å². The molecule has 14 nitrogen and oxygen atoms in total. The number of aliphatic hydroxyl groups is 6. The molecule has 0 radical (unpaired) electrons. The highest BCUT2D eigenvalue weighted by Crippen LogP contribution is 2.27. The van der Waals surface area contributed by atoms with Gasteiger partial charge in [0, 0.05) is 6.61 Å². The minimum atomic E-state index is -1.54. The first-order valence-electron chi connectivity index (χ1n) is 10.4. The lowest BCUT2D eigenvalue weighted by atomic mass is 9.98. The van der Waals surface area contributed by atoms with Crippen molar-refractivity contribution in [2.45, 2.75) is 88.4 Å². The van der Waals surface area contributed by atoms with Gasteiger partial charge in [-0.3, -0.25) is 0 Å². The molecule has 0 spiro atoms. The van der Waals surface area contributed by atoms with Crippen molar-refractivity contribution >= 4 is 0 Å². The first kappa shape index (κ1) is 26.3. The normalized spacial score (nSPS) is 41.6. The van der Waals surface area contributed by atoms with Crippen LogP contribution in [-0.4, -0.2) is 127 Å². The van der Waals surface area contributed by atoms with Gasteiger partial charge in [-0.1, -0.05) is 12.6 Å². The van der Waals surface area contributed by atoms with Crippen LogP contribution < -0.4 is 0 Å². The summed E-state index contributed by atoms with van der Waals surface area (Å²) in [7, 11) is 0. The molecule has 4 aliphatic rings. The van der Waals surface area contributed by atoms with Crippen LogP contribution in [0.2, 0.25) is 0 Å².